The number of hydrogen-bond donors (Lipinski definition) is 1. The van der Waals surface area contributed by atoms with Gasteiger partial charge in [0.05, 0.1) is 5.56 Å². The minimum atomic E-state index is -1.23. The summed E-state index contributed by atoms with van der Waals surface area (Å²) in [6, 6.07) is 17.5. The quantitative estimate of drug-likeness (QED) is 0.671. The lowest BCUT2D eigenvalue weighted by atomic mass is 10.0. The van der Waals surface area contributed by atoms with Gasteiger partial charge in [-0.2, -0.15) is 5.26 Å². The van der Waals surface area contributed by atoms with Crippen molar-refractivity contribution in [3.05, 3.63) is 89.2 Å². The van der Waals surface area contributed by atoms with Crippen LogP contribution in [0.5, 0.6) is 11.5 Å². The zero-order valence-electron chi connectivity index (χ0n) is 15.2. The van der Waals surface area contributed by atoms with E-state index in [1.807, 2.05) is 37.3 Å². The van der Waals surface area contributed by atoms with Crippen LogP contribution in [0.4, 0.5) is 0 Å². The molecule has 140 valence electrons. The predicted octanol–water partition coefficient (Wildman–Crippen LogP) is 4.05. The molecule has 6 heteroatoms. The van der Waals surface area contributed by atoms with E-state index in [1.54, 1.807) is 36.7 Å². The van der Waals surface area contributed by atoms with E-state index in [0.717, 1.165) is 11.1 Å². The Kier molecular flexibility index (Phi) is 5.87. The van der Waals surface area contributed by atoms with Crippen molar-refractivity contribution in [1.29, 1.82) is 5.26 Å². The molecule has 28 heavy (non-hydrogen) atoms. The Labute approximate surface area is 162 Å². The molecule has 0 radical (unpaired) electrons. The molecule has 0 aliphatic carbocycles. The van der Waals surface area contributed by atoms with Gasteiger partial charge in [-0.15, -0.1) is 0 Å². The van der Waals surface area contributed by atoms with Crippen LogP contribution >= 0.6 is 0 Å². The molecule has 1 aromatic heterocycles. The number of aliphatic carboxylic acids is 1. The fraction of sp³-hybridized carbons (Fsp3) is 0.136. The summed E-state index contributed by atoms with van der Waals surface area (Å²) in [6.45, 7) is 2.13. The smallest absolute Gasteiger partial charge is 0.349 e. The topological polar surface area (TPSA) is 92.4 Å². The lowest BCUT2D eigenvalue weighted by molar-refractivity contribution is -0.145. The van der Waals surface area contributed by atoms with Crippen LogP contribution in [0, 0.1) is 18.3 Å². The first-order valence-corrected chi connectivity index (χ1v) is 8.59. The second-order valence-electron chi connectivity index (χ2n) is 6.11. The van der Waals surface area contributed by atoms with Crippen LogP contribution in [0.3, 0.4) is 0 Å². The number of nitriles is 1. The Bertz CT molecular complexity index is 1010. The van der Waals surface area contributed by atoms with Gasteiger partial charge in [0.1, 0.15) is 24.2 Å². The van der Waals surface area contributed by atoms with Crippen LogP contribution in [0.25, 0.3) is 0 Å². The van der Waals surface area contributed by atoms with Gasteiger partial charge >= 0.3 is 5.97 Å². The molecule has 0 amide bonds. The van der Waals surface area contributed by atoms with Gasteiger partial charge in [0.2, 0.25) is 6.10 Å². The number of ether oxygens (including phenoxy) is 2. The first-order chi connectivity index (χ1) is 13.6. The van der Waals surface area contributed by atoms with Crippen LogP contribution in [0.15, 0.2) is 67.0 Å². The number of nitrogens with zero attached hydrogens (tertiary/aromatic N) is 2. The van der Waals surface area contributed by atoms with Crippen molar-refractivity contribution in [2.45, 2.75) is 19.6 Å². The number of pyridine rings is 1. The van der Waals surface area contributed by atoms with E-state index in [1.165, 1.54) is 6.07 Å². The maximum Gasteiger partial charge on any atom is 0.349 e. The summed E-state index contributed by atoms with van der Waals surface area (Å²) >= 11 is 0. The van der Waals surface area contributed by atoms with Gasteiger partial charge in [0, 0.05) is 24.0 Å². The summed E-state index contributed by atoms with van der Waals surface area (Å²) in [4.78, 5) is 15.8. The van der Waals surface area contributed by atoms with Crippen molar-refractivity contribution in [2.24, 2.45) is 0 Å². The molecule has 1 unspecified atom stereocenters. The molecule has 0 fully saturated rings. The molecule has 3 rings (SSSR count). The van der Waals surface area contributed by atoms with Crippen LogP contribution in [0.1, 0.15) is 28.4 Å². The molecule has 1 heterocycles. The van der Waals surface area contributed by atoms with Crippen molar-refractivity contribution in [3.63, 3.8) is 0 Å². The number of carboxylic acid groups (broad SMARTS) is 1. The van der Waals surface area contributed by atoms with Gasteiger partial charge in [-0.25, -0.2) is 4.79 Å². The van der Waals surface area contributed by atoms with Crippen molar-refractivity contribution >= 4 is 5.97 Å². The van der Waals surface area contributed by atoms with Gasteiger partial charge in [0.25, 0.3) is 0 Å². The van der Waals surface area contributed by atoms with Crippen LogP contribution in [-0.4, -0.2) is 16.1 Å². The molecule has 1 atom stereocenters. The van der Waals surface area contributed by atoms with Crippen molar-refractivity contribution in [2.75, 3.05) is 0 Å². The number of hydrogen-bond acceptors (Lipinski definition) is 5. The van der Waals surface area contributed by atoms with E-state index >= 15 is 0 Å². The Morgan fingerprint density at radius 3 is 2.61 bits per heavy atom. The predicted molar refractivity (Wildman–Crippen MR) is 102 cm³/mol. The summed E-state index contributed by atoms with van der Waals surface area (Å²) in [5.74, 6) is -0.508. The number of carboxylic acids is 1. The van der Waals surface area contributed by atoms with Gasteiger partial charge in [-0.3, -0.25) is 4.98 Å². The number of aromatic nitrogens is 1. The van der Waals surface area contributed by atoms with Crippen molar-refractivity contribution < 1.29 is 19.4 Å². The largest absolute Gasteiger partial charge is 0.489 e. The summed E-state index contributed by atoms with van der Waals surface area (Å²) in [5.41, 5.74) is 2.49. The molecule has 1 N–H and O–H groups in total. The van der Waals surface area contributed by atoms with Gasteiger partial charge in [0.15, 0.2) is 0 Å². The van der Waals surface area contributed by atoms with Gasteiger partial charge in [-0.05, 0) is 42.3 Å². The molecule has 0 bridgehead atoms. The highest BCUT2D eigenvalue weighted by molar-refractivity contribution is 5.75. The van der Waals surface area contributed by atoms with E-state index in [0.29, 0.717) is 17.9 Å². The Morgan fingerprint density at radius 1 is 1.18 bits per heavy atom. The number of rotatable bonds is 7. The van der Waals surface area contributed by atoms with E-state index in [4.69, 9.17) is 9.47 Å². The lowest BCUT2D eigenvalue weighted by Gasteiger charge is -2.18. The highest BCUT2D eigenvalue weighted by Crippen LogP contribution is 2.30. The molecular weight excluding hydrogens is 356 g/mol. The number of carbonyl (C=O) groups is 1. The van der Waals surface area contributed by atoms with Crippen LogP contribution in [-0.2, 0) is 11.4 Å². The fourth-order valence-electron chi connectivity index (χ4n) is 2.68. The van der Waals surface area contributed by atoms with E-state index in [9.17, 15) is 15.2 Å². The fourth-order valence-corrected chi connectivity index (χ4v) is 2.68. The Balaban J connectivity index is 1.86. The second kappa shape index (κ2) is 8.69. The maximum absolute atomic E-state index is 11.8. The third kappa shape index (κ3) is 4.46. The minimum Gasteiger partial charge on any atom is -0.489 e. The lowest BCUT2D eigenvalue weighted by Crippen LogP contribution is -2.19. The zero-order valence-corrected chi connectivity index (χ0v) is 15.2. The normalized spacial score (nSPS) is 11.3. The highest BCUT2D eigenvalue weighted by Gasteiger charge is 2.25. The van der Waals surface area contributed by atoms with Crippen molar-refractivity contribution in [3.8, 4) is 17.6 Å². The molecule has 6 nitrogen and oxygen atoms in total. The third-order valence-corrected chi connectivity index (χ3v) is 4.17. The van der Waals surface area contributed by atoms with Gasteiger partial charge < -0.3 is 14.6 Å². The summed E-state index contributed by atoms with van der Waals surface area (Å²) in [6.07, 6.45) is 2.11. The summed E-state index contributed by atoms with van der Waals surface area (Å²) in [5, 5.41) is 19.0. The molecule has 0 saturated carbocycles. The monoisotopic (exact) mass is 374 g/mol. The second-order valence-corrected chi connectivity index (χ2v) is 6.11. The highest BCUT2D eigenvalue weighted by atomic mass is 16.5. The first kappa shape index (κ1) is 18.9. The molecule has 0 aliphatic rings. The molecule has 2 aromatic carbocycles. The average molecular weight is 374 g/mol. The number of benzene rings is 2. The molecule has 3 aromatic rings. The maximum atomic E-state index is 11.8. The SMILES string of the molecule is Cc1ccccc1C(Oc1cc(OCc2ccncc2)ccc1C#N)C(=O)O. The van der Waals surface area contributed by atoms with E-state index in [-0.39, 0.29) is 11.3 Å². The molecular formula is C22H18N2O4. The standard InChI is InChI=1S/C22H18N2O4/c1-15-4-2-3-5-19(15)21(22(25)26)28-20-12-18(7-6-17(20)13-23)27-14-16-8-10-24-11-9-16/h2-12,21H,14H2,1H3,(H,25,26). The molecule has 0 saturated heterocycles. The third-order valence-electron chi connectivity index (χ3n) is 4.17. The van der Waals surface area contributed by atoms with E-state index < -0.39 is 12.1 Å². The van der Waals surface area contributed by atoms with Crippen molar-refractivity contribution in [1.82, 2.24) is 4.98 Å². The van der Waals surface area contributed by atoms with Gasteiger partial charge in [-0.1, -0.05) is 24.3 Å². The van der Waals surface area contributed by atoms with E-state index in [2.05, 4.69) is 4.98 Å². The summed E-state index contributed by atoms with van der Waals surface area (Å²) < 4.78 is 11.5. The Hall–Kier alpha value is -3.85. The van der Waals surface area contributed by atoms with Crippen LogP contribution in [0.2, 0.25) is 0 Å². The molecule has 0 spiro atoms. The minimum absolute atomic E-state index is 0.158. The first-order valence-electron chi connectivity index (χ1n) is 8.59. The van der Waals surface area contributed by atoms with Crippen LogP contribution < -0.4 is 9.47 Å². The zero-order chi connectivity index (χ0) is 19.9. The Morgan fingerprint density at radius 2 is 1.93 bits per heavy atom. The number of aryl methyl sites for hydroxylation is 1. The summed E-state index contributed by atoms with van der Waals surface area (Å²) in [7, 11) is 0. The average Bonchev–Trinajstić information content (AvgIpc) is 2.72. The molecule has 0 aliphatic heterocycles.